The van der Waals surface area contributed by atoms with Crippen LogP contribution < -0.4 is 10.1 Å². The molecule has 5 nitrogen and oxygen atoms in total. The van der Waals surface area contributed by atoms with Crippen LogP contribution in [0.3, 0.4) is 0 Å². The van der Waals surface area contributed by atoms with Gasteiger partial charge in [-0.2, -0.15) is 11.8 Å². The standard InChI is InChI=1S/C16H20ClNO4S/c17-12-4-1-2-5-13(12)22-9-3-6-14(19)18-16(15(20)21)7-10-23-11-8-16/h1-2,4-5H,3,6-11H2,(H,18,19)(H,20,21). The van der Waals surface area contributed by atoms with Crippen LogP contribution in [0.2, 0.25) is 5.02 Å². The lowest BCUT2D eigenvalue weighted by molar-refractivity contribution is -0.148. The molecular formula is C16H20ClNO4S. The van der Waals surface area contributed by atoms with E-state index in [-0.39, 0.29) is 12.3 Å². The maximum atomic E-state index is 12.0. The number of thioether (sulfide) groups is 1. The molecule has 7 heteroatoms. The van der Waals surface area contributed by atoms with Crippen molar-refractivity contribution in [2.24, 2.45) is 0 Å². The van der Waals surface area contributed by atoms with E-state index in [0.29, 0.717) is 36.6 Å². The highest BCUT2D eigenvalue weighted by Crippen LogP contribution is 2.27. The summed E-state index contributed by atoms with van der Waals surface area (Å²) in [4.78, 5) is 23.5. The third-order valence-electron chi connectivity index (χ3n) is 3.78. The molecule has 23 heavy (non-hydrogen) atoms. The van der Waals surface area contributed by atoms with Crippen molar-refractivity contribution in [2.45, 2.75) is 31.2 Å². The fraction of sp³-hybridized carbons (Fsp3) is 0.500. The van der Waals surface area contributed by atoms with Crippen LogP contribution in [0.4, 0.5) is 0 Å². The Morgan fingerprint density at radius 2 is 2.00 bits per heavy atom. The number of amides is 1. The molecule has 1 saturated heterocycles. The Morgan fingerprint density at radius 1 is 1.30 bits per heavy atom. The SMILES string of the molecule is O=C(CCCOc1ccccc1Cl)NC1(C(=O)O)CCSCC1. The Hall–Kier alpha value is -1.40. The number of benzene rings is 1. The molecule has 2 rings (SSSR count). The van der Waals surface area contributed by atoms with Gasteiger partial charge < -0.3 is 15.2 Å². The van der Waals surface area contributed by atoms with Crippen LogP contribution in [0.25, 0.3) is 0 Å². The molecular weight excluding hydrogens is 338 g/mol. The van der Waals surface area contributed by atoms with E-state index in [4.69, 9.17) is 16.3 Å². The molecule has 0 aliphatic carbocycles. The molecule has 126 valence electrons. The van der Waals surface area contributed by atoms with Crippen LogP contribution in [0.5, 0.6) is 5.75 Å². The van der Waals surface area contributed by atoms with Gasteiger partial charge in [-0.3, -0.25) is 4.79 Å². The first-order chi connectivity index (χ1) is 11.0. The molecule has 0 atom stereocenters. The third-order valence-corrected chi connectivity index (χ3v) is 5.07. The topological polar surface area (TPSA) is 75.6 Å². The molecule has 1 aromatic rings. The minimum absolute atomic E-state index is 0.229. The van der Waals surface area contributed by atoms with E-state index in [1.807, 2.05) is 12.1 Å². The molecule has 0 spiro atoms. The third kappa shape index (κ3) is 5.04. The Kier molecular flexibility index (Phi) is 6.59. The van der Waals surface area contributed by atoms with Gasteiger partial charge in [0.15, 0.2) is 0 Å². The number of carbonyl (C=O) groups excluding carboxylic acids is 1. The molecule has 0 radical (unpaired) electrons. The van der Waals surface area contributed by atoms with E-state index in [0.717, 1.165) is 11.5 Å². The highest BCUT2D eigenvalue weighted by molar-refractivity contribution is 7.99. The number of carboxylic acids is 1. The van der Waals surface area contributed by atoms with Crippen LogP contribution in [-0.4, -0.2) is 40.6 Å². The molecule has 1 heterocycles. The first kappa shape index (κ1) is 17.9. The zero-order valence-electron chi connectivity index (χ0n) is 12.7. The quantitative estimate of drug-likeness (QED) is 0.734. The summed E-state index contributed by atoms with van der Waals surface area (Å²) >= 11 is 7.69. The van der Waals surface area contributed by atoms with E-state index in [9.17, 15) is 14.7 Å². The normalized spacial score (nSPS) is 16.6. The van der Waals surface area contributed by atoms with Gasteiger partial charge in [0.1, 0.15) is 11.3 Å². The molecule has 2 N–H and O–H groups in total. The van der Waals surface area contributed by atoms with E-state index < -0.39 is 11.5 Å². The second kappa shape index (κ2) is 8.45. The van der Waals surface area contributed by atoms with Gasteiger partial charge in [-0.05, 0) is 42.9 Å². The van der Waals surface area contributed by atoms with Gasteiger partial charge in [-0.15, -0.1) is 0 Å². The maximum absolute atomic E-state index is 12.0. The molecule has 1 aliphatic rings. The summed E-state index contributed by atoms with van der Waals surface area (Å²) in [6.45, 7) is 0.354. The van der Waals surface area contributed by atoms with Crippen molar-refractivity contribution in [2.75, 3.05) is 18.1 Å². The minimum Gasteiger partial charge on any atom is -0.492 e. The molecule has 1 amide bonds. The monoisotopic (exact) mass is 357 g/mol. The Morgan fingerprint density at radius 3 is 2.65 bits per heavy atom. The summed E-state index contributed by atoms with van der Waals surface area (Å²) in [5.41, 5.74) is -1.11. The predicted molar refractivity (Wildman–Crippen MR) is 91.2 cm³/mol. The second-order valence-electron chi connectivity index (χ2n) is 5.43. The smallest absolute Gasteiger partial charge is 0.329 e. The van der Waals surface area contributed by atoms with Crippen LogP contribution in [0.1, 0.15) is 25.7 Å². The van der Waals surface area contributed by atoms with Crippen molar-refractivity contribution in [1.29, 1.82) is 0 Å². The Labute approximate surface area is 144 Å². The number of hydrogen-bond donors (Lipinski definition) is 2. The summed E-state index contributed by atoms with van der Waals surface area (Å²) in [5, 5.41) is 12.7. The van der Waals surface area contributed by atoms with Crippen LogP contribution in [-0.2, 0) is 9.59 Å². The Bertz CT molecular complexity index is 561. The molecule has 0 bridgehead atoms. The lowest BCUT2D eigenvalue weighted by Crippen LogP contribution is -2.56. The summed E-state index contributed by atoms with van der Waals surface area (Å²) in [6, 6.07) is 7.14. The first-order valence-corrected chi connectivity index (χ1v) is 9.06. The average molecular weight is 358 g/mol. The van der Waals surface area contributed by atoms with Crippen LogP contribution in [0, 0.1) is 0 Å². The van der Waals surface area contributed by atoms with Gasteiger partial charge in [-0.1, -0.05) is 23.7 Å². The number of carboxylic acid groups (broad SMARTS) is 1. The first-order valence-electron chi connectivity index (χ1n) is 7.53. The molecule has 0 aromatic heterocycles. The van der Waals surface area contributed by atoms with Crippen LogP contribution in [0.15, 0.2) is 24.3 Å². The van der Waals surface area contributed by atoms with E-state index >= 15 is 0 Å². The maximum Gasteiger partial charge on any atom is 0.329 e. The Balaban J connectivity index is 1.76. The lowest BCUT2D eigenvalue weighted by Gasteiger charge is -2.33. The second-order valence-corrected chi connectivity index (χ2v) is 7.06. The number of rotatable bonds is 7. The molecule has 1 fully saturated rings. The van der Waals surface area contributed by atoms with Gasteiger partial charge in [0.2, 0.25) is 5.91 Å². The summed E-state index contributed by atoms with van der Waals surface area (Å²) in [6.07, 6.45) is 1.66. The van der Waals surface area contributed by atoms with Crippen molar-refractivity contribution < 1.29 is 19.4 Å². The number of hydrogen-bond acceptors (Lipinski definition) is 4. The predicted octanol–water partition coefficient (Wildman–Crippen LogP) is 2.97. The summed E-state index contributed by atoms with van der Waals surface area (Å²) in [5.74, 6) is 0.895. The minimum atomic E-state index is -1.11. The number of halogens is 1. The zero-order valence-corrected chi connectivity index (χ0v) is 14.3. The van der Waals surface area contributed by atoms with Crippen molar-refractivity contribution in [1.82, 2.24) is 5.32 Å². The fourth-order valence-corrected chi connectivity index (χ4v) is 3.80. The lowest BCUT2D eigenvalue weighted by atomic mass is 9.92. The van der Waals surface area contributed by atoms with E-state index in [1.165, 1.54) is 0 Å². The fourth-order valence-electron chi connectivity index (χ4n) is 2.42. The summed E-state index contributed by atoms with van der Waals surface area (Å²) < 4.78 is 5.52. The summed E-state index contributed by atoms with van der Waals surface area (Å²) in [7, 11) is 0. The van der Waals surface area contributed by atoms with Gasteiger partial charge in [0, 0.05) is 6.42 Å². The van der Waals surface area contributed by atoms with Gasteiger partial charge >= 0.3 is 5.97 Å². The van der Waals surface area contributed by atoms with Crippen molar-refractivity contribution in [3.63, 3.8) is 0 Å². The number of aliphatic carboxylic acids is 1. The number of carbonyl (C=O) groups is 2. The van der Waals surface area contributed by atoms with Gasteiger partial charge in [0.05, 0.1) is 11.6 Å². The highest BCUT2D eigenvalue weighted by atomic mass is 35.5. The van der Waals surface area contributed by atoms with E-state index in [1.54, 1.807) is 23.9 Å². The number of ether oxygens (including phenoxy) is 1. The van der Waals surface area contributed by atoms with Gasteiger partial charge in [0.25, 0.3) is 0 Å². The average Bonchev–Trinajstić information content (AvgIpc) is 2.54. The molecule has 0 unspecified atom stereocenters. The zero-order chi connectivity index (χ0) is 16.7. The van der Waals surface area contributed by atoms with Crippen LogP contribution >= 0.6 is 23.4 Å². The molecule has 1 aromatic carbocycles. The number of nitrogens with one attached hydrogen (secondary N) is 1. The largest absolute Gasteiger partial charge is 0.492 e. The number of para-hydroxylation sites is 1. The van der Waals surface area contributed by atoms with E-state index in [2.05, 4.69) is 5.32 Å². The van der Waals surface area contributed by atoms with Crippen molar-refractivity contribution in [3.05, 3.63) is 29.3 Å². The molecule has 0 saturated carbocycles. The molecule has 1 aliphatic heterocycles. The van der Waals surface area contributed by atoms with Crippen molar-refractivity contribution >= 4 is 35.2 Å². The van der Waals surface area contributed by atoms with Gasteiger partial charge in [-0.25, -0.2) is 4.79 Å². The highest BCUT2D eigenvalue weighted by Gasteiger charge is 2.40. The van der Waals surface area contributed by atoms with Crippen molar-refractivity contribution in [3.8, 4) is 5.75 Å².